The Morgan fingerprint density at radius 3 is 2.09 bits per heavy atom. The molecule has 2 amide bonds. The van der Waals surface area contributed by atoms with E-state index in [1.807, 2.05) is 30.3 Å². The van der Waals surface area contributed by atoms with Crippen LogP contribution in [0.3, 0.4) is 0 Å². The van der Waals surface area contributed by atoms with Gasteiger partial charge in [-0.15, -0.1) is 0 Å². The van der Waals surface area contributed by atoms with Gasteiger partial charge in [0.15, 0.2) is 0 Å². The number of halogens is 1. The van der Waals surface area contributed by atoms with E-state index in [0.29, 0.717) is 27.9 Å². The second-order valence-electron chi connectivity index (χ2n) is 7.41. The van der Waals surface area contributed by atoms with Crippen molar-refractivity contribution in [3.63, 3.8) is 0 Å². The Morgan fingerprint density at radius 2 is 1.45 bits per heavy atom. The molecule has 0 N–H and O–H groups in total. The van der Waals surface area contributed by atoms with Crippen LogP contribution in [0.1, 0.15) is 36.6 Å². The molecule has 162 valence electrons. The van der Waals surface area contributed by atoms with Gasteiger partial charge < -0.3 is 4.84 Å². The number of hydroxylamine groups is 2. The van der Waals surface area contributed by atoms with Crippen LogP contribution < -0.4 is 0 Å². The molecule has 0 atom stereocenters. The highest BCUT2D eigenvalue weighted by molar-refractivity contribution is 6.30. The van der Waals surface area contributed by atoms with Crippen LogP contribution in [0.15, 0.2) is 85.1 Å². The van der Waals surface area contributed by atoms with E-state index in [1.54, 1.807) is 41.1 Å². The molecule has 0 radical (unpaired) electrons. The lowest BCUT2D eigenvalue weighted by molar-refractivity contribution is -0.0584. The summed E-state index contributed by atoms with van der Waals surface area (Å²) in [5.41, 5.74) is 2.47. The maximum Gasteiger partial charge on any atom is 0.367 e. The van der Waals surface area contributed by atoms with Crippen molar-refractivity contribution in [3.05, 3.63) is 112 Å². The van der Waals surface area contributed by atoms with E-state index in [-0.39, 0.29) is 16.7 Å². The van der Waals surface area contributed by atoms with Gasteiger partial charge in [-0.1, -0.05) is 71.3 Å². The van der Waals surface area contributed by atoms with Crippen LogP contribution in [-0.4, -0.2) is 32.6 Å². The number of carbonyl (C=O) groups is 3. The fraction of sp³-hybridized carbons (Fsp3) is 0.0400. The highest BCUT2D eigenvalue weighted by atomic mass is 35.5. The van der Waals surface area contributed by atoms with E-state index in [9.17, 15) is 14.4 Å². The Balaban J connectivity index is 1.48. The molecular formula is C25H16ClN3O4. The third-order valence-corrected chi connectivity index (χ3v) is 5.47. The van der Waals surface area contributed by atoms with Crippen LogP contribution in [0.25, 0.3) is 11.3 Å². The molecule has 5 rings (SSSR count). The molecular weight excluding hydrogens is 442 g/mol. The average Bonchev–Trinajstić information content (AvgIpc) is 3.35. The van der Waals surface area contributed by atoms with E-state index in [4.69, 9.17) is 16.4 Å². The molecule has 0 aliphatic carbocycles. The van der Waals surface area contributed by atoms with Crippen molar-refractivity contribution in [2.45, 2.75) is 6.54 Å². The molecule has 2 heterocycles. The second kappa shape index (κ2) is 8.37. The number of amides is 2. The first kappa shape index (κ1) is 20.7. The first-order chi connectivity index (χ1) is 16.0. The summed E-state index contributed by atoms with van der Waals surface area (Å²) >= 11 is 6.00. The molecule has 33 heavy (non-hydrogen) atoms. The van der Waals surface area contributed by atoms with Gasteiger partial charge in [0.2, 0.25) is 0 Å². The Hall–Kier alpha value is -4.23. The molecule has 0 saturated carbocycles. The third kappa shape index (κ3) is 3.90. The maximum absolute atomic E-state index is 13.1. The monoisotopic (exact) mass is 457 g/mol. The Labute approximate surface area is 193 Å². The molecule has 1 aromatic heterocycles. The topological polar surface area (TPSA) is 81.5 Å². The second-order valence-corrected chi connectivity index (χ2v) is 7.85. The van der Waals surface area contributed by atoms with Crippen LogP contribution in [-0.2, 0) is 11.4 Å². The summed E-state index contributed by atoms with van der Waals surface area (Å²) in [5.74, 6) is -2.24. The summed E-state index contributed by atoms with van der Waals surface area (Å²) in [4.78, 5) is 43.6. The Morgan fingerprint density at radius 1 is 0.848 bits per heavy atom. The van der Waals surface area contributed by atoms with Crippen molar-refractivity contribution < 1.29 is 19.2 Å². The smallest absolute Gasteiger partial charge is 0.324 e. The summed E-state index contributed by atoms with van der Waals surface area (Å²) < 4.78 is 1.61. The lowest BCUT2D eigenvalue weighted by atomic mass is 10.1. The molecule has 0 bridgehead atoms. The number of rotatable bonds is 5. The minimum atomic E-state index is -0.867. The first-order valence-electron chi connectivity index (χ1n) is 10.1. The number of hydrogen-bond acceptors (Lipinski definition) is 5. The van der Waals surface area contributed by atoms with Crippen molar-refractivity contribution in [2.75, 3.05) is 0 Å². The summed E-state index contributed by atoms with van der Waals surface area (Å²) in [7, 11) is 0. The average molecular weight is 458 g/mol. The number of imide groups is 1. The zero-order chi connectivity index (χ0) is 22.9. The van der Waals surface area contributed by atoms with Gasteiger partial charge in [-0.05, 0) is 29.8 Å². The van der Waals surface area contributed by atoms with E-state index in [2.05, 4.69) is 5.10 Å². The van der Waals surface area contributed by atoms with Gasteiger partial charge in [-0.3, -0.25) is 14.3 Å². The van der Waals surface area contributed by atoms with E-state index >= 15 is 0 Å². The lowest BCUT2D eigenvalue weighted by Crippen LogP contribution is -2.32. The molecule has 1 aliphatic rings. The van der Waals surface area contributed by atoms with Crippen molar-refractivity contribution in [2.24, 2.45) is 0 Å². The lowest BCUT2D eigenvalue weighted by Gasteiger charge is -2.12. The van der Waals surface area contributed by atoms with Crippen molar-refractivity contribution in [1.82, 2.24) is 14.8 Å². The fourth-order valence-electron chi connectivity index (χ4n) is 3.63. The highest BCUT2D eigenvalue weighted by Crippen LogP contribution is 2.27. The molecule has 4 aromatic rings. The molecule has 8 heteroatoms. The van der Waals surface area contributed by atoms with Crippen molar-refractivity contribution >= 4 is 29.4 Å². The molecule has 0 fully saturated rings. The summed E-state index contributed by atoms with van der Waals surface area (Å²) in [6, 6.07) is 22.8. The van der Waals surface area contributed by atoms with Gasteiger partial charge in [0.1, 0.15) is 11.3 Å². The zero-order valence-electron chi connectivity index (χ0n) is 17.1. The van der Waals surface area contributed by atoms with Crippen LogP contribution in [0.2, 0.25) is 5.02 Å². The van der Waals surface area contributed by atoms with E-state index in [0.717, 1.165) is 5.56 Å². The van der Waals surface area contributed by atoms with Crippen LogP contribution in [0.4, 0.5) is 0 Å². The summed E-state index contributed by atoms with van der Waals surface area (Å²) in [6.45, 7) is 0.418. The normalized spacial score (nSPS) is 12.7. The maximum atomic E-state index is 13.1. The highest BCUT2D eigenvalue weighted by Gasteiger charge is 2.39. The number of aromatic nitrogens is 2. The predicted molar refractivity (Wildman–Crippen MR) is 121 cm³/mol. The van der Waals surface area contributed by atoms with Crippen molar-refractivity contribution in [3.8, 4) is 11.3 Å². The molecule has 1 aliphatic heterocycles. The first-order valence-corrected chi connectivity index (χ1v) is 10.5. The van der Waals surface area contributed by atoms with Crippen LogP contribution in [0, 0.1) is 0 Å². The van der Waals surface area contributed by atoms with Crippen LogP contribution >= 0.6 is 11.6 Å². The number of nitrogens with zero attached hydrogens (tertiary/aromatic N) is 3. The summed E-state index contributed by atoms with van der Waals surface area (Å²) in [5, 5.41) is 5.60. The quantitative estimate of drug-likeness (QED) is 0.408. The fourth-order valence-corrected chi connectivity index (χ4v) is 3.75. The van der Waals surface area contributed by atoms with Gasteiger partial charge in [0.05, 0.1) is 17.7 Å². The number of fused-ring (bicyclic) bond motifs is 1. The van der Waals surface area contributed by atoms with Gasteiger partial charge in [-0.2, -0.15) is 5.10 Å². The molecule has 0 unspecified atom stereocenters. The molecule has 3 aromatic carbocycles. The van der Waals surface area contributed by atoms with Gasteiger partial charge in [0, 0.05) is 16.8 Å². The SMILES string of the molecule is O=C(ON1C(=O)c2ccccc2C1=O)c1cn(Cc2ccccc2)nc1-c1ccc(Cl)cc1. The molecule has 7 nitrogen and oxygen atoms in total. The number of hydrogen-bond donors (Lipinski definition) is 0. The zero-order valence-corrected chi connectivity index (χ0v) is 17.9. The van der Waals surface area contributed by atoms with E-state index < -0.39 is 17.8 Å². The minimum absolute atomic E-state index is 0.116. The summed E-state index contributed by atoms with van der Waals surface area (Å²) in [6.07, 6.45) is 1.54. The largest absolute Gasteiger partial charge is 0.367 e. The molecule has 0 saturated heterocycles. The van der Waals surface area contributed by atoms with E-state index in [1.165, 1.54) is 18.3 Å². The standard InChI is InChI=1S/C25H16ClN3O4/c26-18-12-10-17(11-13-18)22-21(15-28(27-22)14-16-6-2-1-3-7-16)25(32)33-29-23(30)19-8-4-5-9-20(19)24(29)31/h1-13,15H,14H2. The predicted octanol–water partition coefficient (Wildman–Crippen LogP) is 4.62. The Kier molecular flexibility index (Phi) is 5.24. The number of benzene rings is 3. The van der Waals surface area contributed by atoms with Crippen LogP contribution in [0.5, 0.6) is 0 Å². The third-order valence-electron chi connectivity index (χ3n) is 5.22. The Bertz CT molecular complexity index is 1350. The minimum Gasteiger partial charge on any atom is -0.324 e. The molecule has 0 spiro atoms. The van der Waals surface area contributed by atoms with Gasteiger partial charge >= 0.3 is 5.97 Å². The van der Waals surface area contributed by atoms with Crippen molar-refractivity contribution in [1.29, 1.82) is 0 Å². The van der Waals surface area contributed by atoms with Gasteiger partial charge in [0.25, 0.3) is 11.8 Å². The number of carbonyl (C=O) groups excluding carboxylic acids is 3. The van der Waals surface area contributed by atoms with Gasteiger partial charge in [-0.25, -0.2) is 4.79 Å².